The van der Waals surface area contributed by atoms with Crippen LogP contribution in [-0.4, -0.2) is 37.6 Å². The number of hydrogen-bond acceptors (Lipinski definition) is 7. The van der Waals surface area contributed by atoms with Crippen molar-refractivity contribution in [1.29, 1.82) is 0 Å². The van der Waals surface area contributed by atoms with Crippen molar-refractivity contribution in [2.45, 2.75) is 19.1 Å². The number of amides is 2. The second-order valence-corrected chi connectivity index (χ2v) is 8.18. The number of hydrogen-bond donors (Lipinski definition) is 3. The topological polar surface area (TPSA) is 137 Å². The molecule has 38 heavy (non-hydrogen) atoms. The van der Waals surface area contributed by atoms with Crippen LogP contribution in [0.25, 0.3) is 11.3 Å². The van der Waals surface area contributed by atoms with Gasteiger partial charge in [-0.2, -0.15) is 18.3 Å². The molecule has 4 aromatic rings. The smallest absolute Gasteiger partial charge is 0.416 e. The SMILES string of the molecule is C[C@H](Nc1cc(Oc2ccc(C(F)(F)F)cc2-c2ccnn2C)ccc1NC(=O)c1ccncn1)C(N)=O. The van der Waals surface area contributed by atoms with E-state index in [1.165, 1.54) is 60.7 Å². The first kappa shape index (κ1) is 26.1. The predicted molar refractivity (Wildman–Crippen MR) is 132 cm³/mol. The molecule has 2 aromatic carbocycles. The van der Waals surface area contributed by atoms with Gasteiger partial charge in [0.1, 0.15) is 29.6 Å². The molecule has 0 aliphatic carbocycles. The van der Waals surface area contributed by atoms with Crippen molar-refractivity contribution in [1.82, 2.24) is 19.7 Å². The molecule has 2 heterocycles. The Labute approximate surface area is 214 Å². The number of primary amides is 1. The molecular weight excluding hydrogens is 503 g/mol. The van der Waals surface area contributed by atoms with Crippen molar-refractivity contribution < 1.29 is 27.5 Å². The van der Waals surface area contributed by atoms with E-state index in [1.54, 1.807) is 13.1 Å². The van der Waals surface area contributed by atoms with Gasteiger partial charge in [-0.25, -0.2) is 9.97 Å². The summed E-state index contributed by atoms with van der Waals surface area (Å²) in [6.07, 6.45) is -0.458. The zero-order chi connectivity index (χ0) is 27.4. The third kappa shape index (κ3) is 5.88. The van der Waals surface area contributed by atoms with Crippen LogP contribution in [0.4, 0.5) is 24.5 Å². The highest BCUT2D eigenvalue weighted by atomic mass is 19.4. The molecule has 0 saturated carbocycles. The van der Waals surface area contributed by atoms with E-state index in [2.05, 4.69) is 25.7 Å². The lowest BCUT2D eigenvalue weighted by Gasteiger charge is -2.19. The number of ether oxygens (including phenoxy) is 1. The molecule has 0 radical (unpaired) electrons. The molecule has 0 spiro atoms. The van der Waals surface area contributed by atoms with E-state index in [1.807, 2.05) is 0 Å². The Bertz CT molecular complexity index is 1470. The number of carbonyl (C=O) groups is 2. The lowest BCUT2D eigenvalue weighted by atomic mass is 10.1. The van der Waals surface area contributed by atoms with E-state index in [4.69, 9.17) is 10.5 Å². The van der Waals surface area contributed by atoms with Crippen molar-refractivity contribution in [2.24, 2.45) is 12.8 Å². The zero-order valence-electron chi connectivity index (χ0n) is 20.2. The normalized spacial score (nSPS) is 12.0. The summed E-state index contributed by atoms with van der Waals surface area (Å²) in [6, 6.07) is 9.80. The number of nitrogens with two attached hydrogens (primary N) is 1. The molecule has 0 bridgehead atoms. The third-order valence-electron chi connectivity index (χ3n) is 5.48. The van der Waals surface area contributed by atoms with E-state index in [0.29, 0.717) is 5.69 Å². The first-order valence-electron chi connectivity index (χ1n) is 11.2. The minimum absolute atomic E-state index is 0.111. The fourth-order valence-corrected chi connectivity index (χ4v) is 3.49. The molecule has 0 fully saturated rings. The molecule has 0 aliphatic heterocycles. The van der Waals surface area contributed by atoms with Crippen LogP contribution in [0.3, 0.4) is 0 Å². The minimum Gasteiger partial charge on any atom is -0.457 e. The summed E-state index contributed by atoms with van der Waals surface area (Å²) in [5.41, 5.74) is 5.79. The maximum Gasteiger partial charge on any atom is 0.416 e. The maximum absolute atomic E-state index is 13.4. The number of anilines is 2. The molecule has 10 nitrogen and oxygen atoms in total. The highest BCUT2D eigenvalue weighted by Gasteiger charge is 2.31. The van der Waals surface area contributed by atoms with Crippen LogP contribution >= 0.6 is 0 Å². The minimum atomic E-state index is -4.56. The molecule has 2 amide bonds. The molecule has 4 N–H and O–H groups in total. The van der Waals surface area contributed by atoms with Gasteiger partial charge in [0.25, 0.3) is 5.91 Å². The van der Waals surface area contributed by atoms with Crippen molar-refractivity contribution >= 4 is 23.2 Å². The standard InChI is InChI=1S/C25H22F3N7O3/c1-14(23(29)36)33-20-12-16(4-5-18(20)34-24(37)19-7-9-30-13-31-19)38-22-6-3-15(25(26,27)28)11-17(22)21-8-10-32-35(21)2/h3-14,33H,1-2H3,(H2,29,36)(H,34,37)/t14-/m0/s1. The summed E-state index contributed by atoms with van der Waals surface area (Å²) in [4.78, 5) is 32.0. The molecule has 0 unspecified atom stereocenters. The molecule has 4 rings (SSSR count). The van der Waals surface area contributed by atoms with Crippen LogP contribution in [0.1, 0.15) is 23.0 Å². The Kier molecular flexibility index (Phi) is 7.28. The first-order valence-corrected chi connectivity index (χ1v) is 11.2. The highest BCUT2D eigenvalue weighted by molar-refractivity contribution is 6.04. The lowest BCUT2D eigenvalue weighted by molar-refractivity contribution is -0.137. The van der Waals surface area contributed by atoms with E-state index >= 15 is 0 Å². The molecule has 1 atom stereocenters. The van der Waals surface area contributed by atoms with Crippen molar-refractivity contribution in [3.8, 4) is 22.8 Å². The van der Waals surface area contributed by atoms with Gasteiger partial charge >= 0.3 is 6.18 Å². The predicted octanol–water partition coefficient (Wildman–Crippen LogP) is 4.23. The van der Waals surface area contributed by atoms with Crippen LogP contribution in [0.15, 0.2) is 67.3 Å². The van der Waals surface area contributed by atoms with E-state index in [0.717, 1.165) is 12.1 Å². The van der Waals surface area contributed by atoms with Gasteiger partial charge in [-0.1, -0.05) is 0 Å². The van der Waals surface area contributed by atoms with Gasteiger partial charge in [-0.3, -0.25) is 14.3 Å². The van der Waals surface area contributed by atoms with Crippen LogP contribution in [0.5, 0.6) is 11.5 Å². The molecule has 0 saturated heterocycles. The Morgan fingerprint density at radius 1 is 1.05 bits per heavy atom. The monoisotopic (exact) mass is 525 g/mol. The second kappa shape index (κ2) is 10.6. The average Bonchev–Trinajstić information content (AvgIpc) is 3.31. The second-order valence-electron chi connectivity index (χ2n) is 8.18. The van der Waals surface area contributed by atoms with Crippen LogP contribution < -0.4 is 21.1 Å². The van der Waals surface area contributed by atoms with Gasteiger partial charge in [0.15, 0.2) is 0 Å². The van der Waals surface area contributed by atoms with Crippen molar-refractivity contribution in [2.75, 3.05) is 10.6 Å². The van der Waals surface area contributed by atoms with Crippen molar-refractivity contribution in [3.05, 3.63) is 78.5 Å². The molecule has 0 aliphatic rings. The Hall–Kier alpha value is -4.94. The average molecular weight is 525 g/mol. The number of rotatable bonds is 8. The van der Waals surface area contributed by atoms with Gasteiger partial charge in [0.05, 0.1) is 22.6 Å². The van der Waals surface area contributed by atoms with Gasteiger partial charge < -0.3 is 21.1 Å². The maximum atomic E-state index is 13.4. The quantitative estimate of drug-likeness (QED) is 0.313. The fraction of sp³-hybridized carbons (Fsp3) is 0.160. The van der Waals surface area contributed by atoms with Gasteiger partial charge in [-0.15, -0.1) is 0 Å². The number of aryl methyl sites for hydroxylation is 1. The van der Waals surface area contributed by atoms with E-state index in [9.17, 15) is 22.8 Å². The van der Waals surface area contributed by atoms with Crippen molar-refractivity contribution in [3.63, 3.8) is 0 Å². The summed E-state index contributed by atoms with van der Waals surface area (Å²) in [6.45, 7) is 1.53. The number of aromatic nitrogens is 4. The third-order valence-corrected chi connectivity index (χ3v) is 5.48. The number of nitrogens with one attached hydrogen (secondary N) is 2. The number of alkyl halides is 3. The van der Waals surface area contributed by atoms with Gasteiger partial charge in [0, 0.05) is 31.1 Å². The summed E-state index contributed by atoms with van der Waals surface area (Å²) >= 11 is 0. The largest absolute Gasteiger partial charge is 0.457 e. The number of nitrogens with zero attached hydrogens (tertiary/aromatic N) is 4. The highest BCUT2D eigenvalue weighted by Crippen LogP contribution is 2.40. The molecule has 13 heteroatoms. The summed E-state index contributed by atoms with van der Waals surface area (Å²) in [5.74, 6) is -0.830. The first-order chi connectivity index (χ1) is 18.0. The van der Waals surface area contributed by atoms with Gasteiger partial charge in [-0.05, 0) is 49.4 Å². The summed E-state index contributed by atoms with van der Waals surface area (Å²) in [5, 5.41) is 9.64. The Balaban J connectivity index is 1.71. The molecule has 2 aromatic heterocycles. The number of benzene rings is 2. The van der Waals surface area contributed by atoms with Crippen LogP contribution in [0.2, 0.25) is 0 Å². The fourth-order valence-electron chi connectivity index (χ4n) is 3.49. The molecular formula is C25H22F3N7O3. The summed E-state index contributed by atoms with van der Waals surface area (Å²) < 4.78 is 47.7. The zero-order valence-corrected chi connectivity index (χ0v) is 20.2. The lowest BCUT2D eigenvalue weighted by Crippen LogP contribution is -2.32. The van der Waals surface area contributed by atoms with Crippen LogP contribution in [0, 0.1) is 0 Å². The Morgan fingerprint density at radius 2 is 1.84 bits per heavy atom. The summed E-state index contributed by atoms with van der Waals surface area (Å²) in [7, 11) is 1.60. The molecule has 196 valence electrons. The Morgan fingerprint density at radius 3 is 2.47 bits per heavy atom. The van der Waals surface area contributed by atoms with Crippen LogP contribution in [-0.2, 0) is 18.0 Å². The van der Waals surface area contributed by atoms with Gasteiger partial charge in [0.2, 0.25) is 5.91 Å². The number of carbonyl (C=O) groups excluding carboxylic acids is 2. The van der Waals surface area contributed by atoms with E-state index < -0.39 is 29.6 Å². The van der Waals surface area contributed by atoms with E-state index in [-0.39, 0.29) is 34.1 Å². The number of halogens is 3.